The van der Waals surface area contributed by atoms with Crippen molar-refractivity contribution in [3.05, 3.63) is 29.8 Å². The third-order valence-corrected chi connectivity index (χ3v) is 6.87. The lowest BCUT2D eigenvalue weighted by Gasteiger charge is -2.31. The third-order valence-electron chi connectivity index (χ3n) is 5.33. The Labute approximate surface area is 156 Å². The van der Waals surface area contributed by atoms with E-state index in [1.54, 1.807) is 24.3 Å². The van der Waals surface area contributed by atoms with E-state index >= 15 is 0 Å². The van der Waals surface area contributed by atoms with E-state index in [0.717, 1.165) is 37.7 Å². The van der Waals surface area contributed by atoms with E-state index in [1.165, 1.54) is 6.42 Å². The minimum atomic E-state index is -3.41. The molecule has 2 saturated carbocycles. The number of hydrogen-bond acceptors (Lipinski definition) is 4. The van der Waals surface area contributed by atoms with Gasteiger partial charge in [0.05, 0.1) is 4.90 Å². The van der Waals surface area contributed by atoms with Crippen molar-refractivity contribution in [2.45, 2.75) is 68.3 Å². The molecule has 0 heterocycles. The molecule has 0 saturated heterocycles. The SMILES string of the molecule is NCC1CCCCC1NC(=O)CCc1ccc(S(=O)(=O)NC2CC2)cc1. The molecule has 1 amide bonds. The first kappa shape index (κ1) is 19.3. The van der Waals surface area contributed by atoms with E-state index < -0.39 is 10.0 Å². The van der Waals surface area contributed by atoms with Crippen molar-refractivity contribution >= 4 is 15.9 Å². The fourth-order valence-electron chi connectivity index (χ4n) is 3.54. The van der Waals surface area contributed by atoms with Crippen molar-refractivity contribution in [1.82, 2.24) is 10.0 Å². The zero-order chi connectivity index (χ0) is 18.6. The summed E-state index contributed by atoms with van der Waals surface area (Å²) < 4.78 is 27.0. The van der Waals surface area contributed by atoms with Gasteiger partial charge in [-0.2, -0.15) is 0 Å². The van der Waals surface area contributed by atoms with E-state index in [-0.39, 0.29) is 22.9 Å². The van der Waals surface area contributed by atoms with Crippen molar-refractivity contribution in [1.29, 1.82) is 0 Å². The zero-order valence-corrected chi connectivity index (χ0v) is 15.9. The summed E-state index contributed by atoms with van der Waals surface area (Å²) in [6.45, 7) is 0.621. The van der Waals surface area contributed by atoms with Crippen LogP contribution in [0, 0.1) is 5.92 Å². The highest BCUT2D eigenvalue weighted by Gasteiger charge is 2.28. The topological polar surface area (TPSA) is 101 Å². The Morgan fingerprint density at radius 3 is 2.42 bits per heavy atom. The summed E-state index contributed by atoms with van der Waals surface area (Å²) in [7, 11) is -3.41. The maximum atomic E-state index is 12.2. The molecule has 2 aliphatic carbocycles. The second-order valence-corrected chi connectivity index (χ2v) is 9.21. The smallest absolute Gasteiger partial charge is 0.240 e. The Morgan fingerprint density at radius 2 is 1.77 bits per heavy atom. The fraction of sp³-hybridized carbons (Fsp3) is 0.632. The quantitative estimate of drug-likeness (QED) is 0.640. The number of amides is 1. The van der Waals surface area contributed by atoms with E-state index in [1.807, 2.05) is 0 Å². The van der Waals surface area contributed by atoms with Gasteiger partial charge in [-0.3, -0.25) is 4.79 Å². The van der Waals surface area contributed by atoms with Gasteiger partial charge in [0.1, 0.15) is 0 Å². The average Bonchev–Trinajstić information content (AvgIpc) is 3.44. The molecule has 6 nitrogen and oxygen atoms in total. The van der Waals surface area contributed by atoms with E-state index in [0.29, 0.717) is 25.3 Å². The highest BCUT2D eigenvalue weighted by Crippen LogP contribution is 2.24. The van der Waals surface area contributed by atoms with Crippen LogP contribution in [-0.2, 0) is 21.2 Å². The van der Waals surface area contributed by atoms with Crippen molar-refractivity contribution < 1.29 is 13.2 Å². The summed E-state index contributed by atoms with van der Waals surface area (Å²) in [5, 5.41) is 3.13. The van der Waals surface area contributed by atoms with Crippen LogP contribution in [0.4, 0.5) is 0 Å². The highest BCUT2D eigenvalue weighted by molar-refractivity contribution is 7.89. The second-order valence-electron chi connectivity index (χ2n) is 7.49. The monoisotopic (exact) mass is 379 g/mol. The van der Waals surface area contributed by atoms with Gasteiger partial charge in [-0.05, 0) is 62.3 Å². The largest absolute Gasteiger partial charge is 0.353 e. The highest BCUT2D eigenvalue weighted by atomic mass is 32.2. The molecule has 2 fully saturated rings. The van der Waals surface area contributed by atoms with Crippen LogP contribution >= 0.6 is 0 Å². The molecule has 1 aromatic rings. The first-order chi connectivity index (χ1) is 12.5. The van der Waals surface area contributed by atoms with Gasteiger partial charge < -0.3 is 11.1 Å². The Bertz CT molecular complexity index is 714. The number of aryl methyl sites for hydroxylation is 1. The summed E-state index contributed by atoms with van der Waals surface area (Å²) in [6.07, 6.45) is 7.27. The lowest BCUT2D eigenvalue weighted by molar-refractivity contribution is -0.122. The molecule has 4 N–H and O–H groups in total. The average molecular weight is 380 g/mol. The van der Waals surface area contributed by atoms with Crippen LogP contribution in [0.15, 0.2) is 29.2 Å². The molecule has 0 aliphatic heterocycles. The Hall–Kier alpha value is -1.44. The molecule has 7 heteroatoms. The number of nitrogens with two attached hydrogens (primary N) is 1. The van der Waals surface area contributed by atoms with Gasteiger partial charge in [0.25, 0.3) is 0 Å². The lowest BCUT2D eigenvalue weighted by atomic mass is 9.84. The minimum Gasteiger partial charge on any atom is -0.353 e. The molecule has 26 heavy (non-hydrogen) atoms. The molecule has 2 atom stereocenters. The van der Waals surface area contributed by atoms with Crippen molar-refractivity contribution in [3.63, 3.8) is 0 Å². The molecular formula is C19H29N3O3S. The maximum absolute atomic E-state index is 12.2. The van der Waals surface area contributed by atoms with Gasteiger partial charge in [-0.15, -0.1) is 0 Å². The predicted molar refractivity (Wildman–Crippen MR) is 101 cm³/mol. The molecule has 3 rings (SSSR count). The van der Waals surface area contributed by atoms with Crippen molar-refractivity contribution in [2.75, 3.05) is 6.54 Å². The maximum Gasteiger partial charge on any atom is 0.240 e. The zero-order valence-electron chi connectivity index (χ0n) is 15.1. The van der Waals surface area contributed by atoms with Gasteiger partial charge in [-0.25, -0.2) is 13.1 Å². The fourth-order valence-corrected chi connectivity index (χ4v) is 4.85. The number of benzene rings is 1. The van der Waals surface area contributed by atoms with Crippen molar-refractivity contribution in [3.8, 4) is 0 Å². The molecule has 2 aliphatic rings. The Morgan fingerprint density at radius 1 is 1.08 bits per heavy atom. The van der Waals surface area contributed by atoms with Crippen LogP contribution in [0.2, 0.25) is 0 Å². The molecule has 2 unspecified atom stereocenters. The number of nitrogens with one attached hydrogen (secondary N) is 2. The molecule has 1 aromatic carbocycles. The molecule has 0 spiro atoms. The first-order valence-electron chi connectivity index (χ1n) is 9.58. The van der Waals surface area contributed by atoms with Gasteiger partial charge in [-0.1, -0.05) is 25.0 Å². The predicted octanol–water partition coefficient (Wildman–Crippen LogP) is 1.69. The number of carbonyl (C=O) groups excluding carboxylic acids is 1. The number of hydrogen-bond donors (Lipinski definition) is 3. The Kier molecular flexibility index (Phi) is 6.32. The van der Waals surface area contributed by atoms with Crippen LogP contribution in [0.1, 0.15) is 50.5 Å². The third kappa shape index (κ3) is 5.28. The number of rotatable bonds is 8. The van der Waals surface area contributed by atoms with E-state index in [9.17, 15) is 13.2 Å². The lowest BCUT2D eigenvalue weighted by Crippen LogP contribution is -2.44. The molecular weight excluding hydrogens is 350 g/mol. The van der Waals surface area contributed by atoms with Gasteiger partial charge in [0, 0.05) is 18.5 Å². The Balaban J connectivity index is 1.49. The van der Waals surface area contributed by atoms with Gasteiger partial charge in [0.15, 0.2) is 0 Å². The van der Waals surface area contributed by atoms with E-state index in [2.05, 4.69) is 10.0 Å². The molecule has 0 aromatic heterocycles. The summed E-state index contributed by atoms with van der Waals surface area (Å²) in [5.41, 5.74) is 6.77. The summed E-state index contributed by atoms with van der Waals surface area (Å²) in [6, 6.07) is 7.10. The second kappa shape index (κ2) is 8.50. The van der Waals surface area contributed by atoms with E-state index in [4.69, 9.17) is 5.73 Å². The molecule has 144 valence electrons. The summed E-state index contributed by atoms with van der Waals surface area (Å²) >= 11 is 0. The van der Waals surface area contributed by atoms with Crippen LogP contribution in [0.5, 0.6) is 0 Å². The standard InChI is InChI=1S/C19H29N3O3S/c20-13-15-3-1-2-4-18(15)21-19(23)12-7-14-5-10-17(11-6-14)26(24,25)22-16-8-9-16/h5-6,10-11,15-16,18,22H,1-4,7-9,12-13,20H2,(H,21,23). The number of sulfonamides is 1. The summed E-state index contributed by atoms with van der Waals surface area (Å²) in [4.78, 5) is 12.5. The van der Waals surface area contributed by atoms with Crippen LogP contribution < -0.4 is 15.8 Å². The van der Waals surface area contributed by atoms with Gasteiger partial charge in [0.2, 0.25) is 15.9 Å². The van der Waals surface area contributed by atoms with Crippen molar-refractivity contribution in [2.24, 2.45) is 11.7 Å². The molecule has 0 radical (unpaired) electrons. The van der Waals surface area contributed by atoms with Crippen LogP contribution in [0.3, 0.4) is 0 Å². The van der Waals surface area contributed by atoms with Gasteiger partial charge >= 0.3 is 0 Å². The number of carbonyl (C=O) groups is 1. The summed E-state index contributed by atoms with van der Waals surface area (Å²) in [5.74, 6) is 0.429. The van der Waals surface area contributed by atoms with Crippen LogP contribution in [-0.4, -0.2) is 33.0 Å². The first-order valence-corrected chi connectivity index (χ1v) is 11.1. The normalized spacial score (nSPS) is 23.6. The molecule has 0 bridgehead atoms. The minimum absolute atomic E-state index is 0.0439. The van der Waals surface area contributed by atoms with Crippen LogP contribution in [0.25, 0.3) is 0 Å².